The molecule has 1 fully saturated rings. The van der Waals surface area contributed by atoms with Crippen LogP contribution in [0.2, 0.25) is 0 Å². The van der Waals surface area contributed by atoms with Gasteiger partial charge in [0.2, 0.25) is 0 Å². The monoisotopic (exact) mass is 283 g/mol. The molecule has 0 aliphatic carbocycles. The summed E-state index contributed by atoms with van der Waals surface area (Å²) in [5.41, 5.74) is 0. The molecule has 1 aromatic rings. The van der Waals surface area contributed by atoms with Crippen molar-refractivity contribution in [2.24, 2.45) is 7.05 Å². The number of hydrogen-bond acceptors (Lipinski definition) is 5. The van der Waals surface area contributed by atoms with E-state index < -0.39 is 24.1 Å². The van der Waals surface area contributed by atoms with Crippen LogP contribution in [0.4, 0.5) is 4.79 Å². The van der Waals surface area contributed by atoms with Gasteiger partial charge in [0.05, 0.1) is 6.10 Å². The number of carboxylic acids is 1. The van der Waals surface area contributed by atoms with Crippen molar-refractivity contribution in [3.05, 3.63) is 12.2 Å². The summed E-state index contributed by atoms with van der Waals surface area (Å²) in [6, 6.07) is -1.47. The van der Waals surface area contributed by atoms with Crippen LogP contribution in [-0.4, -0.2) is 67.1 Å². The third-order valence-corrected chi connectivity index (χ3v) is 3.10. The number of aromatic nitrogens is 3. The number of nitrogens with zero attached hydrogens (tertiary/aromatic N) is 4. The fourth-order valence-electron chi connectivity index (χ4n) is 2.15. The predicted molar refractivity (Wildman–Crippen MR) is 66.9 cm³/mol. The zero-order valence-corrected chi connectivity index (χ0v) is 11.1. The van der Waals surface area contributed by atoms with Crippen molar-refractivity contribution in [2.45, 2.75) is 25.0 Å². The summed E-state index contributed by atoms with van der Waals surface area (Å²) in [7, 11) is 1.75. The molecule has 20 heavy (non-hydrogen) atoms. The number of aliphatic hydroxyl groups is 1. The third-order valence-electron chi connectivity index (χ3n) is 3.10. The Hall–Kier alpha value is -2.16. The van der Waals surface area contributed by atoms with Crippen LogP contribution in [0.15, 0.2) is 6.33 Å². The Bertz CT molecular complexity index is 503. The van der Waals surface area contributed by atoms with Crippen LogP contribution in [0.5, 0.6) is 0 Å². The van der Waals surface area contributed by atoms with E-state index in [1.165, 1.54) is 0 Å². The first-order valence-corrected chi connectivity index (χ1v) is 6.27. The van der Waals surface area contributed by atoms with Crippen molar-refractivity contribution < 1.29 is 19.8 Å². The van der Waals surface area contributed by atoms with Crippen LogP contribution >= 0.6 is 0 Å². The standard InChI is InChI=1S/C11H17N5O4/c1-15-6-13-9(14-15)2-3-12-11(20)16-5-7(17)4-8(16)10(18)19/h6-8,17H,2-5H2,1H3,(H,12,20)(H,18,19)/t7-,8+/m1/s1. The topological polar surface area (TPSA) is 121 Å². The zero-order chi connectivity index (χ0) is 14.7. The van der Waals surface area contributed by atoms with E-state index in [4.69, 9.17) is 5.11 Å². The Morgan fingerprint density at radius 1 is 1.55 bits per heavy atom. The van der Waals surface area contributed by atoms with E-state index >= 15 is 0 Å². The number of aryl methyl sites for hydroxylation is 1. The van der Waals surface area contributed by atoms with Gasteiger partial charge in [0.15, 0.2) is 5.82 Å². The van der Waals surface area contributed by atoms with Crippen molar-refractivity contribution in [1.82, 2.24) is 25.0 Å². The molecule has 3 N–H and O–H groups in total. The Kier molecular flexibility index (Phi) is 4.18. The number of urea groups is 1. The molecule has 0 unspecified atom stereocenters. The maximum Gasteiger partial charge on any atom is 0.326 e. The van der Waals surface area contributed by atoms with Gasteiger partial charge in [-0.1, -0.05) is 0 Å². The van der Waals surface area contributed by atoms with Gasteiger partial charge in [-0.15, -0.1) is 0 Å². The molecule has 1 saturated heterocycles. The molecule has 1 aromatic heterocycles. The van der Waals surface area contributed by atoms with E-state index in [-0.39, 0.29) is 13.0 Å². The molecule has 0 aromatic carbocycles. The van der Waals surface area contributed by atoms with Crippen molar-refractivity contribution in [1.29, 1.82) is 0 Å². The lowest BCUT2D eigenvalue weighted by Gasteiger charge is -2.21. The van der Waals surface area contributed by atoms with E-state index in [1.807, 2.05) is 0 Å². The smallest absolute Gasteiger partial charge is 0.326 e. The molecule has 2 amide bonds. The predicted octanol–water partition coefficient (Wildman–Crippen LogP) is -1.41. The number of carbonyl (C=O) groups is 2. The second-order valence-electron chi connectivity index (χ2n) is 4.71. The molecule has 9 heteroatoms. The van der Waals surface area contributed by atoms with Crippen molar-refractivity contribution in [3.8, 4) is 0 Å². The van der Waals surface area contributed by atoms with Crippen molar-refractivity contribution in [3.63, 3.8) is 0 Å². The Labute approximate surface area is 115 Å². The molecule has 110 valence electrons. The number of nitrogens with one attached hydrogen (secondary N) is 1. The second-order valence-corrected chi connectivity index (χ2v) is 4.71. The van der Waals surface area contributed by atoms with Gasteiger partial charge in [-0.25, -0.2) is 14.6 Å². The van der Waals surface area contributed by atoms with Gasteiger partial charge in [0, 0.05) is 33.0 Å². The van der Waals surface area contributed by atoms with E-state index in [2.05, 4.69) is 15.4 Å². The largest absolute Gasteiger partial charge is 0.480 e. The highest BCUT2D eigenvalue weighted by atomic mass is 16.4. The molecule has 2 heterocycles. The summed E-state index contributed by atoms with van der Waals surface area (Å²) in [5.74, 6) is -0.507. The molecule has 0 saturated carbocycles. The first-order valence-electron chi connectivity index (χ1n) is 6.27. The number of β-amino-alcohol motifs (C(OH)–C–C–N with tert-alkyl or cyclic N) is 1. The number of aliphatic carboxylic acids is 1. The Morgan fingerprint density at radius 3 is 2.90 bits per heavy atom. The molecule has 1 aliphatic heterocycles. The minimum absolute atomic E-state index is 0.0324. The molecule has 0 bridgehead atoms. The number of aliphatic hydroxyl groups excluding tert-OH is 1. The zero-order valence-electron chi connectivity index (χ0n) is 11.1. The van der Waals surface area contributed by atoms with Crippen molar-refractivity contribution >= 4 is 12.0 Å². The molecule has 9 nitrogen and oxygen atoms in total. The average Bonchev–Trinajstić information content (AvgIpc) is 2.95. The molecule has 2 atom stereocenters. The fourth-order valence-corrected chi connectivity index (χ4v) is 2.15. The summed E-state index contributed by atoms with van der Waals surface area (Å²) >= 11 is 0. The summed E-state index contributed by atoms with van der Waals surface area (Å²) < 4.78 is 1.56. The minimum Gasteiger partial charge on any atom is -0.480 e. The summed E-state index contributed by atoms with van der Waals surface area (Å²) in [4.78, 5) is 28.1. The van der Waals surface area contributed by atoms with E-state index in [0.29, 0.717) is 18.8 Å². The van der Waals surface area contributed by atoms with Gasteiger partial charge in [-0.2, -0.15) is 5.10 Å². The SMILES string of the molecule is Cn1cnc(CCNC(=O)N2C[C@H](O)C[C@H]2C(=O)O)n1. The van der Waals surface area contributed by atoms with Gasteiger partial charge < -0.3 is 20.4 Å². The van der Waals surface area contributed by atoms with Crippen LogP contribution in [-0.2, 0) is 18.3 Å². The lowest BCUT2D eigenvalue weighted by Crippen LogP contribution is -2.46. The number of hydrogen-bond donors (Lipinski definition) is 3. The maximum absolute atomic E-state index is 11.9. The summed E-state index contributed by atoms with van der Waals surface area (Å²) in [5, 5.41) is 25.1. The van der Waals surface area contributed by atoms with Crippen LogP contribution in [0, 0.1) is 0 Å². The first kappa shape index (κ1) is 14.3. The normalized spacial score (nSPS) is 22.0. The average molecular weight is 283 g/mol. The first-order chi connectivity index (χ1) is 9.47. The molecular weight excluding hydrogens is 266 g/mol. The lowest BCUT2D eigenvalue weighted by molar-refractivity contribution is -0.141. The highest BCUT2D eigenvalue weighted by Crippen LogP contribution is 2.17. The number of likely N-dealkylation sites (tertiary alicyclic amines) is 1. The Morgan fingerprint density at radius 2 is 2.30 bits per heavy atom. The molecule has 1 aliphatic rings. The summed E-state index contributed by atoms with van der Waals surface area (Å²) in [6.07, 6.45) is 1.29. The molecule has 2 rings (SSSR count). The number of rotatable bonds is 4. The van der Waals surface area contributed by atoms with Gasteiger partial charge in [-0.3, -0.25) is 4.68 Å². The van der Waals surface area contributed by atoms with Gasteiger partial charge in [0.25, 0.3) is 0 Å². The molecular formula is C11H17N5O4. The van der Waals surface area contributed by atoms with E-state index in [0.717, 1.165) is 4.90 Å². The van der Waals surface area contributed by atoms with E-state index in [1.54, 1.807) is 18.1 Å². The third kappa shape index (κ3) is 3.23. The number of carbonyl (C=O) groups excluding carboxylic acids is 1. The quantitative estimate of drug-likeness (QED) is 0.624. The second kappa shape index (κ2) is 5.87. The van der Waals surface area contributed by atoms with Crippen molar-refractivity contribution in [2.75, 3.05) is 13.1 Å². The molecule has 0 radical (unpaired) electrons. The lowest BCUT2D eigenvalue weighted by atomic mass is 10.2. The van der Waals surface area contributed by atoms with Crippen LogP contribution < -0.4 is 5.32 Å². The molecule has 0 spiro atoms. The van der Waals surface area contributed by atoms with Crippen LogP contribution in [0.1, 0.15) is 12.2 Å². The van der Waals surface area contributed by atoms with Crippen LogP contribution in [0.25, 0.3) is 0 Å². The van der Waals surface area contributed by atoms with Crippen LogP contribution in [0.3, 0.4) is 0 Å². The van der Waals surface area contributed by atoms with E-state index in [9.17, 15) is 14.7 Å². The maximum atomic E-state index is 11.9. The van der Waals surface area contributed by atoms with Gasteiger partial charge >= 0.3 is 12.0 Å². The highest BCUT2D eigenvalue weighted by Gasteiger charge is 2.38. The Balaban J connectivity index is 1.83. The summed E-state index contributed by atoms with van der Waals surface area (Å²) in [6.45, 7) is 0.340. The fraction of sp³-hybridized carbons (Fsp3) is 0.636. The number of carboxylic acid groups (broad SMARTS) is 1. The highest BCUT2D eigenvalue weighted by molar-refractivity contribution is 5.83. The van der Waals surface area contributed by atoms with Gasteiger partial charge in [0.1, 0.15) is 12.4 Å². The minimum atomic E-state index is -1.11. The van der Waals surface area contributed by atoms with Gasteiger partial charge in [-0.05, 0) is 0 Å². The number of amides is 2.